The molecule has 1 atom stereocenters. The number of carbonyl (C=O) groups is 2. The smallest absolute Gasteiger partial charge is 0.279 e. The van der Waals surface area contributed by atoms with Crippen LogP contribution in [0.4, 0.5) is 0 Å². The lowest BCUT2D eigenvalue weighted by Gasteiger charge is -2.14. The summed E-state index contributed by atoms with van der Waals surface area (Å²) in [6, 6.07) is 10.9. The lowest BCUT2D eigenvalue weighted by molar-refractivity contribution is -0.128. The summed E-state index contributed by atoms with van der Waals surface area (Å²) in [6.45, 7) is 5.64. The van der Waals surface area contributed by atoms with Crippen molar-refractivity contribution in [1.29, 1.82) is 0 Å². The third kappa shape index (κ3) is 4.56. The number of hydrogen-bond acceptors (Lipinski definition) is 4. The van der Waals surface area contributed by atoms with Crippen molar-refractivity contribution < 1.29 is 14.3 Å². The van der Waals surface area contributed by atoms with Crippen LogP contribution in [0.3, 0.4) is 0 Å². The number of benzene rings is 1. The van der Waals surface area contributed by atoms with E-state index < -0.39 is 12.0 Å². The molecule has 1 aromatic heterocycles. The minimum absolute atomic E-state index is 0.321. The first-order chi connectivity index (χ1) is 11.0. The van der Waals surface area contributed by atoms with Crippen molar-refractivity contribution in [3.63, 3.8) is 0 Å². The molecular weight excluding hydrogens is 312 g/mol. The average molecular weight is 332 g/mol. The molecule has 2 amide bonds. The molecule has 0 aliphatic heterocycles. The van der Waals surface area contributed by atoms with Gasteiger partial charge in [0.1, 0.15) is 5.75 Å². The zero-order chi connectivity index (χ0) is 16.8. The third-order valence-electron chi connectivity index (χ3n) is 3.29. The Morgan fingerprint density at radius 1 is 1.22 bits per heavy atom. The highest BCUT2D eigenvalue weighted by Gasteiger charge is 2.17. The Balaban J connectivity index is 1.86. The molecule has 0 aliphatic carbocycles. The predicted molar refractivity (Wildman–Crippen MR) is 90.6 cm³/mol. The molecule has 1 unspecified atom stereocenters. The van der Waals surface area contributed by atoms with Crippen LogP contribution in [-0.4, -0.2) is 17.9 Å². The Kier molecular flexibility index (Phi) is 5.76. The van der Waals surface area contributed by atoms with E-state index in [4.69, 9.17) is 4.74 Å². The Labute approximate surface area is 139 Å². The van der Waals surface area contributed by atoms with Crippen molar-refractivity contribution in [2.24, 2.45) is 0 Å². The van der Waals surface area contributed by atoms with Crippen LogP contribution in [0, 0.1) is 6.92 Å². The van der Waals surface area contributed by atoms with Crippen molar-refractivity contribution in [2.45, 2.75) is 33.3 Å². The molecule has 6 heteroatoms. The maximum absolute atomic E-state index is 12.1. The van der Waals surface area contributed by atoms with Gasteiger partial charge in [0.15, 0.2) is 6.10 Å². The van der Waals surface area contributed by atoms with Gasteiger partial charge in [0.2, 0.25) is 0 Å². The van der Waals surface area contributed by atoms with Gasteiger partial charge in [-0.25, -0.2) is 0 Å². The minimum atomic E-state index is -0.714. The van der Waals surface area contributed by atoms with Crippen LogP contribution in [0.25, 0.3) is 0 Å². The maximum atomic E-state index is 12.1. The summed E-state index contributed by atoms with van der Waals surface area (Å²) in [6.07, 6.45) is 0.173. The summed E-state index contributed by atoms with van der Waals surface area (Å²) in [4.78, 5) is 25.8. The molecule has 0 radical (unpaired) electrons. The van der Waals surface area contributed by atoms with E-state index in [0.29, 0.717) is 10.6 Å². The Morgan fingerprint density at radius 2 is 1.91 bits per heavy atom. The van der Waals surface area contributed by atoms with Gasteiger partial charge < -0.3 is 4.74 Å². The Bertz CT molecular complexity index is 682. The zero-order valence-corrected chi connectivity index (χ0v) is 14.2. The average Bonchev–Trinajstić information content (AvgIpc) is 2.94. The molecule has 0 bridgehead atoms. The molecule has 23 heavy (non-hydrogen) atoms. The van der Waals surface area contributed by atoms with Gasteiger partial charge in [0.25, 0.3) is 11.8 Å². The summed E-state index contributed by atoms with van der Waals surface area (Å²) >= 11 is 1.44. The number of hydrazine groups is 1. The fourth-order valence-electron chi connectivity index (χ4n) is 2.02. The highest BCUT2D eigenvalue weighted by atomic mass is 32.1. The lowest BCUT2D eigenvalue weighted by Crippen LogP contribution is -2.47. The Morgan fingerprint density at radius 3 is 2.52 bits per heavy atom. The van der Waals surface area contributed by atoms with E-state index in [9.17, 15) is 9.59 Å². The highest BCUT2D eigenvalue weighted by molar-refractivity contribution is 7.14. The number of thiophene rings is 1. The van der Waals surface area contributed by atoms with Crippen LogP contribution in [0.15, 0.2) is 36.4 Å². The molecule has 0 saturated heterocycles. The number of hydrogen-bond donors (Lipinski definition) is 2. The monoisotopic (exact) mass is 332 g/mol. The first-order valence-electron chi connectivity index (χ1n) is 7.42. The summed E-state index contributed by atoms with van der Waals surface area (Å²) < 4.78 is 5.49. The molecule has 2 aromatic rings. The van der Waals surface area contributed by atoms with E-state index in [2.05, 4.69) is 10.9 Å². The van der Waals surface area contributed by atoms with Crippen molar-refractivity contribution in [2.75, 3.05) is 0 Å². The molecule has 5 nitrogen and oxygen atoms in total. The molecule has 1 aromatic carbocycles. The molecule has 0 fully saturated rings. The van der Waals surface area contributed by atoms with Crippen LogP contribution < -0.4 is 15.6 Å². The molecule has 0 saturated carbocycles. The number of aryl methyl sites for hydroxylation is 2. The molecule has 0 aliphatic rings. The second-order valence-corrected chi connectivity index (χ2v) is 6.22. The van der Waals surface area contributed by atoms with Crippen LogP contribution in [-0.2, 0) is 11.2 Å². The predicted octanol–water partition coefficient (Wildman–Crippen LogP) is 2.85. The largest absolute Gasteiger partial charge is 0.481 e. The normalized spacial score (nSPS) is 11.6. The quantitative estimate of drug-likeness (QED) is 0.827. The van der Waals surface area contributed by atoms with Gasteiger partial charge in [-0.05, 0) is 44.0 Å². The lowest BCUT2D eigenvalue weighted by atomic mass is 10.2. The van der Waals surface area contributed by atoms with Gasteiger partial charge in [-0.3, -0.25) is 20.4 Å². The van der Waals surface area contributed by atoms with Crippen molar-refractivity contribution in [3.8, 4) is 5.75 Å². The fraction of sp³-hybridized carbons (Fsp3) is 0.294. The molecular formula is C17H20N2O3S. The molecule has 0 spiro atoms. The second kappa shape index (κ2) is 7.78. The van der Waals surface area contributed by atoms with Crippen LogP contribution in [0.1, 0.15) is 34.0 Å². The topological polar surface area (TPSA) is 67.4 Å². The second-order valence-electron chi connectivity index (χ2n) is 5.09. The van der Waals surface area contributed by atoms with E-state index in [-0.39, 0.29) is 5.91 Å². The summed E-state index contributed by atoms with van der Waals surface area (Å²) in [7, 11) is 0. The van der Waals surface area contributed by atoms with Gasteiger partial charge in [0, 0.05) is 4.88 Å². The van der Waals surface area contributed by atoms with Crippen molar-refractivity contribution in [3.05, 3.63) is 51.7 Å². The minimum Gasteiger partial charge on any atom is -0.481 e. The van der Waals surface area contributed by atoms with Crippen molar-refractivity contribution in [1.82, 2.24) is 10.9 Å². The van der Waals surface area contributed by atoms with E-state index >= 15 is 0 Å². The van der Waals surface area contributed by atoms with Crippen LogP contribution >= 0.6 is 11.3 Å². The molecule has 2 N–H and O–H groups in total. The number of amides is 2. The van der Waals surface area contributed by atoms with Crippen LogP contribution in [0.2, 0.25) is 0 Å². The highest BCUT2D eigenvalue weighted by Crippen LogP contribution is 2.22. The number of nitrogens with one attached hydrogen (secondary N) is 2. The van der Waals surface area contributed by atoms with E-state index in [1.807, 2.05) is 38.1 Å². The first kappa shape index (κ1) is 17.0. The summed E-state index contributed by atoms with van der Waals surface area (Å²) in [5, 5.41) is 0. The molecule has 1 heterocycles. The zero-order valence-electron chi connectivity index (χ0n) is 13.4. The standard InChI is InChI=1S/C17H20N2O3S/c1-4-14-11(2)10-15(23-14)17(21)19-18-16(20)12(3)22-13-8-6-5-7-9-13/h5-10,12H,4H2,1-3H3,(H,18,20)(H,19,21). The number of para-hydroxylation sites is 1. The number of carbonyl (C=O) groups excluding carboxylic acids is 2. The van der Waals surface area contributed by atoms with E-state index in [1.54, 1.807) is 19.1 Å². The summed E-state index contributed by atoms with van der Waals surface area (Å²) in [5.74, 6) is -0.132. The number of ether oxygens (including phenoxy) is 1. The van der Waals surface area contributed by atoms with Gasteiger partial charge in [-0.1, -0.05) is 25.1 Å². The third-order valence-corrected chi connectivity index (χ3v) is 4.67. The molecule has 122 valence electrons. The van der Waals surface area contributed by atoms with Gasteiger partial charge in [0.05, 0.1) is 4.88 Å². The van der Waals surface area contributed by atoms with Gasteiger partial charge >= 0.3 is 0 Å². The van der Waals surface area contributed by atoms with Crippen LogP contribution in [0.5, 0.6) is 5.75 Å². The van der Waals surface area contributed by atoms with Crippen molar-refractivity contribution >= 4 is 23.2 Å². The van der Waals surface area contributed by atoms with Gasteiger partial charge in [-0.15, -0.1) is 11.3 Å². The first-order valence-corrected chi connectivity index (χ1v) is 8.24. The summed E-state index contributed by atoms with van der Waals surface area (Å²) in [5.41, 5.74) is 5.91. The van der Waals surface area contributed by atoms with E-state index in [0.717, 1.165) is 12.0 Å². The SMILES string of the molecule is CCc1sc(C(=O)NNC(=O)C(C)Oc2ccccc2)cc1C. The van der Waals surface area contributed by atoms with E-state index in [1.165, 1.54) is 16.2 Å². The molecule has 2 rings (SSSR count). The Hall–Kier alpha value is -2.34. The number of rotatable bonds is 5. The fourth-order valence-corrected chi connectivity index (χ4v) is 3.03. The maximum Gasteiger partial charge on any atom is 0.279 e. The van der Waals surface area contributed by atoms with Gasteiger partial charge in [-0.2, -0.15) is 0 Å².